The van der Waals surface area contributed by atoms with Gasteiger partial charge in [0.25, 0.3) is 0 Å². The highest BCUT2D eigenvalue weighted by Crippen LogP contribution is 2.33. The first-order valence-electron chi connectivity index (χ1n) is 9.44. The Bertz CT molecular complexity index is 824. The highest BCUT2D eigenvalue weighted by atomic mass is 16.6. The standard InChI is InChI=1S/C22H26N2O3/c1-17-12-20(26-2)9-8-19(17)14-23-10-11-24-21(25)27-16-22(24,15-23)13-18-6-4-3-5-7-18/h3-9,12H,10-11,13-16H2,1-2H3. The summed E-state index contributed by atoms with van der Waals surface area (Å²) in [6, 6.07) is 16.6. The van der Waals surface area contributed by atoms with Gasteiger partial charge in [-0.15, -0.1) is 0 Å². The highest BCUT2D eigenvalue weighted by molar-refractivity contribution is 5.71. The lowest BCUT2D eigenvalue weighted by atomic mass is 9.88. The third-order valence-electron chi connectivity index (χ3n) is 5.73. The van der Waals surface area contributed by atoms with Crippen LogP contribution in [0.5, 0.6) is 5.75 Å². The maximum Gasteiger partial charge on any atom is 0.410 e. The molecule has 5 heteroatoms. The Hall–Kier alpha value is -2.53. The number of fused-ring (bicyclic) bond motifs is 1. The Morgan fingerprint density at radius 1 is 1.15 bits per heavy atom. The van der Waals surface area contributed by atoms with Crippen LogP contribution in [0, 0.1) is 6.92 Å². The van der Waals surface area contributed by atoms with Crippen molar-refractivity contribution in [2.75, 3.05) is 33.4 Å². The number of nitrogens with zero attached hydrogens (tertiary/aromatic N) is 2. The number of hydrogen-bond donors (Lipinski definition) is 0. The van der Waals surface area contributed by atoms with E-state index in [2.05, 4.69) is 48.2 Å². The number of cyclic esters (lactones) is 1. The molecule has 2 saturated heterocycles. The molecule has 2 fully saturated rings. The third-order valence-corrected chi connectivity index (χ3v) is 5.73. The van der Waals surface area contributed by atoms with Crippen LogP contribution < -0.4 is 4.74 Å². The maximum absolute atomic E-state index is 12.3. The van der Waals surface area contributed by atoms with E-state index in [1.807, 2.05) is 17.0 Å². The van der Waals surface area contributed by atoms with E-state index >= 15 is 0 Å². The number of ether oxygens (including phenoxy) is 2. The van der Waals surface area contributed by atoms with Crippen LogP contribution in [0.25, 0.3) is 0 Å². The molecule has 0 radical (unpaired) electrons. The number of benzene rings is 2. The van der Waals surface area contributed by atoms with Crippen molar-refractivity contribution < 1.29 is 14.3 Å². The molecule has 5 nitrogen and oxygen atoms in total. The van der Waals surface area contributed by atoms with E-state index in [1.165, 1.54) is 16.7 Å². The first-order chi connectivity index (χ1) is 13.1. The van der Waals surface area contributed by atoms with Crippen molar-refractivity contribution in [1.82, 2.24) is 9.80 Å². The van der Waals surface area contributed by atoms with Crippen molar-refractivity contribution in [2.24, 2.45) is 0 Å². The van der Waals surface area contributed by atoms with E-state index in [1.54, 1.807) is 7.11 Å². The van der Waals surface area contributed by atoms with Crippen LogP contribution in [-0.2, 0) is 17.7 Å². The van der Waals surface area contributed by atoms with Crippen LogP contribution in [0.4, 0.5) is 4.79 Å². The van der Waals surface area contributed by atoms with Crippen molar-refractivity contribution in [1.29, 1.82) is 0 Å². The molecule has 1 atom stereocenters. The number of piperazine rings is 1. The van der Waals surface area contributed by atoms with Crippen molar-refractivity contribution in [3.8, 4) is 5.75 Å². The van der Waals surface area contributed by atoms with Crippen LogP contribution >= 0.6 is 0 Å². The zero-order chi connectivity index (χ0) is 18.9. The van der Waals surface area contributed by atoms with E-state index in [-0.39, 0.29) is 11.6 Å². The Kier molecular flexibility index (Phi) is 4.79. The van der Waals surface area contributed by atoms with Gasteiger partial charge in [-0.05, 0) is 35.7 Å². The van der Waals surface area contributed by atoms with Gasteiger partial charge < -0.3 is 9.47 Å². The van der Waals surface area contributed by atoms with Crippen LogP contribution in [-0.4, -0.2) is 54.8 Å². The normalized spacial score (nSPS) is 22.4. The zero-order valence-corrected chi connectivity index (χ0v) is 16.0. The molecule has 0 aromatic heterocycles. The smallest absolute Gasteiger partial charge is 0.410 e. The molecule has 0 saturated carbocycles. The molecule has 0 aliphatic carbocycles. The second kappa shape index (κ2) is 7.24. The molecule has 2 aromatic carbocycles. The topological polar surface area (TPSA) is 42.0 Å². The number of carbonyl (C=O) groups is 1. The minimum atomic E-state index is -0.281. The van der Waals surface area contributed by atoms with Gasteiger partial charge in [-0.2, -0.15) is 0 Å². The molecule has 2 heterocycles. The molecule has 2 aromatic rings. The SMILES string of the molecule is COc1ccc(CN2CCN3C(=O)OCC3(Cc3ccccc3)C2)c(C)c1. The summed E-state index contributed by atoms with van der Waals surface area (Å²) < 4.78 is 10.8. The van der Waals surface area contributed by atoms with Gasteiger partial charge in [0.15, 0.2) is 0 Å². The van der Waals surface area contributed by atoms with Crippen LogP contribution in [0.15, 0.2) is 48.5 Å². The van der Waals surface area contributed by atoms with Gasteiger partial charge in [0.1, 0.15) is 12.4 Å². The Morgan fingerprint density at radius 2 is 1.96 bits per heavy atom. The zero-order valence-electron chi connectivity index (χ0n) is 16.0. The molecule has 2 aliphatic heterocycles. The number of aryl methyl sites for hydroxylation is 1. The van der Waals surface area contributed by atoms with Crippen LogP contribution in [0.3, 0.4) is 0 Å². The van der Waals surface area contributed by atoms with E-state index in [9.17, 15) is 4.79 Å². The minimum Gasteiger partial charge on any atom is -0.497 e. The monoisotopic (exact) mass is 366 g/mol. The summed E-state index contributed by atoms with van der Waals surface area (Å²) in [6.45, 7) is 5.83. The van der Waals surface area contributed by atoms with Gasteiger partial charge in [-0.25, -0.2) is 4.79 Å². The number of hydrogen-bond acceptors (Lipinski definition) is 4. The fraction of sp³-hybridized carbons (Fsp3) is 0.409. The van der Waals surface area contributed by atoms with Gasteiger partial charge in [0, 0.05) is 32.6 Å². The Labute approximate surface area is 160 Å². The van der Waals surface area contributed by atoms with Crippen molar-refractivity contribution >= 4 is 6.09 Å². The van der Waals surface area contributed by atoms with Gasteiger partial charge in [0.2, 0.25) is 0 Å². The Balaban J connectivity index is 1.54. The summed E-state index contributed by atoms with van der Waals surface area (Å²) in [5.41, 5.74) is 3.48. The van der Waals surface area contributed by atoms with Crippen molar-refractivity contribution in [3.05, 3.63) is 65.2 Å². The third kappa shape index (κ3) is 3.52. The van der Waals surface area contributed by atoms with E-state index in [0.717, 1.165) is 31.8 Å². The largest absolute Gasteiger partial charge is 0.497 e. The molecule has 4 rings (SSSR count). The van der Waals surface area contributed by atoms with Gasteiger partial charge in [-0.3, -0.25) is 9.80 Å². The van der Waals surface area contributed by atoms with Gasteiger partial charge in [-0.1, -0.05) is 36.4 Å². The molecule has 27 heavy (non-hydrogen) atoms. The number of methoxy groups -OCH3 is 1. The highest BCUT2D eigenvalue weighted by Gasteiger charge is 2.50. The predicted octanol–water partition coefficient (Wildman–Crippen LogP) is 3.25. The molecule has 1 unspecified atom stereocenters. The molecular formula is C22H26N2O3. The Morgan fingerprint density at radius 3 is 2.70 bits per heavy atom. The lowest BCUT2D eigenvalue weighted by molar-refractivity contribution is 0.0475. The lowest BCUT2D eigenvalue weighted by Gasteiger charge is -2.45. The number of rotatable bonds is 5. The molecule has 0 bridgehead atoms. The summed E-state index contributed by atoms with van der Waals surface area (Å²) in [5.74, 6) is 0.886. The second-order valence-electron chi connectivity index (χ2n) is 7.60. The molecule has 2 aliphatic rings. The fourth-order valence-electron chi connectivity index (χ4n) is 4.27. The summed E-state index contributed by atoms with van der Waals surface area (Å²) in [5, 5.41) is 0. The summed E-state index contributed by atoms with van der Waals surface area (Å²) in [4.78, 5) is 16.6. The molecular weight excluding hydrogens is 340 g/mol. The minimum absolute atomic E-state index is 0.175. The molecule has 0 spiro atoms. The molecule has 142 valence electrons. The first-order valence-corrected chi connectivity index (χ1v) is 9.44. The average molecular weight is 366 g/mol. The maximum atomic E-state index is 12.3. The molecule has 0 N–H and O–H groups in total. The lowest BCUT2D eigenvalue weighted by Crippen LogP contribution is -2.62. The van der Waals surface area contributed by atoms with Crippen molar-refractivity contribution in [2.45, 2.75) is 25.4 Å². The van der Waals surface area contributed by atoms with E-state index in [0.29, 0.717) is 13.2 Å². The first kappa shape index (κ1) is 17.9. The van der Waals surface area contributed by atoms with Crippen LogP contribution in [0.2, 0.25) is 0 Å². The van der Waals surface area contributed by atoms with Gasteiger partial charge in [0.05, 0.1) is 12.6 Å². The molecule has 1 amide bonds. The summed E-state index contributed by atoms with van der Waals surface area (Å²) >= 11 is 0. The van der Waals surface area contributed by atoms with E-state index < -0.39 is 0 Å². The number of amides is 1. The van der Waals surface area contributed by atoms with Gasteiger partial charge >= 0.3 is 6.09 Å². The van der Waals surface area contributed by atoms with Crippen molar-refractivity contribution in [3.63, 3.8) is 0 Å². The quantitative estimate of drug-likeness (QED) is 0.815. The van der Waals surface area contributed by atoms with Crippen LogP contribution in [0.1, 0.15) is 16.7 Å². The second-order valence-corrected chi connectivity index (χ2v) is 7.60. The average Bonchev–Trinajstić information content (AvgIpc) is 3.00. The fourth-order valence-corrected chi connectivity index (χ4v) is 4.27. The predicted molar refractivity (Wildman–Crippen MR) is 104 cm³/mol. The number of carbonyl (C=O) groups excluding carboxylic acids is 1. The summed E-state index contributed by atoms with van der Waals surface area (Å²) in [6.07, 6.45) is 0.642. The van der Waals surface area contributed by atoms with E-state index in [4.69, 9.17) is 9.47 Å². The summed E-state index contributed by atoms with van der Waals surface area (Å²) in [7, 11) is 1.69.